The van der Waals surface area contributed by atoms with Crippen LogP contribution in [-0.4, -0.2) is 15.4 Å². The third kappa shape index (κ3) is 2.68. The van der Waals surface area contributed by atoms with Gasteiger partial charge in [0.25, 0.3) is 0 Å². The van der Waals surface area contributed by atoms with Crippen molar-refractivity contribution in [3.63, 3.8) is 0 Å². The molecule has 3 heteroatoms. The van der Waals surface area contributed by atoms with Crippen molar-refractivity contribution in [2.75, 3.05) is 5.75 Å². The van der Waals surface area contributed by atoms with Crippen LogP contribution >= 0.6 is 11.8 Å². The summed E-state index contributed by atoms with van der Waals surface area (Å²) >= 11 is 1.81. The lowest BCUT2D eigenvalue weighted by Crippen LogP contribution is -1.99. The maximum absolute atomic E-state index is 9.36. The van der Waals surface area contributed by atoms with E-state index in [1.807, 2.05) is 23.9 Å². The SMILES string of the molecule is Oc1ccc(SCCn2c3ccccc3c3ccccc32)cc1. The summed E-state index contributed by atoms with van der Waals surface area (Å²) in [6.07, 6.45) is 0. The van der Waals surface area contributed by atoms with Crippen molar-refractivity contribution in [1.29, 1.82) is 0 Å². The summed E-state index contributed by atoms with van der Waals surface area (Å²) in [5, 5.41) is 12.0. The summed E-state index contributed by atoms with van der Waals surface area (Å²) in [5.74, 6) is 1.31. The number of rotatable bonds is 4. The highest BCUT2D eigenvalue weighted by Gasteiger charge is 2.09. The quantitative estimate of drug-likeness (QED) is 0.517. The Morgan fingerprint density at radius 2 is 1.30 bits per heavy atom. The molecular weight excluding hydrogens is 302 g/mol. The van der Waals surface area contributed by atoms with Crippen LogP contribution in [0.15, 0.2) is 77.7 Å². The number of nitrogens with zero attached hydrogens (tertiary/aromatic N) is 1. The Kier molecular flexibility index (Phi) is 3.72. The van der Waals surface area contributed by atoms with Gasteiger partial charge in [-0.15, -0.1) is 11.8 Å². The number of para-hydroxylation sites is 2. The van der Waals surface area contributed by atoms with Gasteiger partial charge >= 0.3 is 0 Å². The first-order valence-electron chi connectivity index (χ1n) is 7.71. The van der Waals surface area contributed by atoms with Crippen LogP contribution < -0.4 is 0 Å². The predicted octanol–water partition coefficient (Wildman–Crippen LogP) is 5.29. The molecule has 4 aromatic rings. The van der Waals surface area contributed by atoms with Gasteiger partial charge in [0, 0.05) is 39.0 Å². The maximum Gasteiger partial charge on any atom is 0.115 e. The van der Waals surface area contributed by atoms with Crippen LogP contribution in [0.25, 0.3) is 21.8 Å². The van der Waals surface area contributed by atoms with Crippen LogP contribution in [0.3, 0.4) is 0 Å². The molecular formula is C20H17NOS. The smallest absolute Gasteiger partial charge is 0.115 e. The van der Waals surface area contributed by atoms with Gasteiger partial charge < -0.3 is 9.67 Å². The second-order valence-electron chi connectivity index (χ2n) is 5.53. The number of thioether (sulfide) groups is 1. The molecule has 0 fully saturated rings. The fourth-order valence-electron chi connectivity index (χ4n) is 3.04. The van der Waals surface area contributed by atoms with Gasteiger partial charge in [-0.2, -0.15) is 0 Å². The lowest BCUT2D eigenvalue weighted by Gasteiger charge is -2.07. The number of benzene rings is 3. The monoisotopic (exact) mass is 319 g/mol. The average Bonchev–Trinajstić information content (AvgIpc) is 2.91. The lowest BCUT2D eigenvalue weighted by atomic mass is 10.2. The fraction of sp³-hybridized carbons (Fsp3) is 0.100. The molecule has 0 bridgehead atoms. The summed E-state index contributed by atoms with van der Waals surface area (Å²) in [5.41, 5.74) is 2.58. The Morgan fingerprint density at radius 3 is 1.91 bits per heavy atom. The molecule has 2 nitrogen and oxygen atoms in total. The number of hydrogen-bond acceptors (Lipinski definition) is 2. The molecule has 0 radical (unpaired) electrons. The summed E-state index contributed by atoms with van der Waals surface area (Å²) in [6.45, 7) is 0.958. The molecule has 0 saturated heterocycles. The Balaban J connectivity index is 1.63. The molecule has 114 valence electrons. The van der Waals surface area contributed by atoms with Gasteiger partial charge in [0.15, 0.2) is 0 Å². The molecule has 3 aromatic carbocycles. The second-order valence-corrected chi connectivity index (χ2v) is 6.70. The van der Waals surface area contributed by atoms with Crippen LogP contribution in [0.2, 0.25) is 0 Å². The van der Waals surface area contributed by atoms with Gasteiger partial charge in [0.1, 0.15) is 5.75 Å². The van der Waals surface area contributed by atoms with E-state index in [0.717, 1.165) is 12.3 Å². The van der Waals surface area contributed by atoms with Crippen molar-refractivity contribution in [3.05, 3.63) is 72.8 Å². The number of phenolic OH excluding ortho intramolecular Hbond substituents is 1. The van der Waals surface area contributed by atoms with Gasteiger partial charge in [0.2, 0.25) is 0 Å². The molecule has 0 aliphatic rings. The highest BCUT2D eigenvalue weighted by Crippen LogP contribution is 2.29. The van der Waals surface area contributed by atoms with Crippen molar-refractivity contribution in [1.82, 2.24) is 4.57 Å². The van der Waals surface area contributed by atoms with E-state index in [0.29, 0.717) is 5.75 Å². The summed E-state index contributed by atoms with van der Waals surface area (Å²) in [4.78, 5) is 1.18. The van der Waals surface area contributed by atoms with E-state index in [9.17, 15) is 5.11 Å². The Labute approximate surface area is 139 Å². The fourth-order valence-corrected chi connectivity index (χ4v) is 3.88. The lowest BCUT2D eigenvalue weighted by molar-refractivity contribution is 0.475. The third-order valence-electron chi connectivity index (χ3n) is 4.10. The van der Waals surface area contributed by atoms with Crippen LogP contribution in [0.4, 0.5) is 0 Å². The molecule has 1 heterocycles. The van der Waals surface area contributed by atoms with Crippen molar-refractivity contribution in [2.24, 2.45) is 0 Å². The first-order valence-corrected chi connectivity index (χ1v) is 8.69. The number of fused-ring (bicyclic) bond motifs is 3. The molecule has 0 aliphatic heterocycles. The van der Waals surface area contributed by atoms with Crippen molar-refractivity contribution >= 4 is 33.6 Å². The molecule has 0 unspecified atom stereocenters. The van der Waals surface area contributed by atoms with E-state index in [1.54, 1.807) is 12.1 Å². The minimum Gasteiger partial charge on any atom is -0.508 e. The largest absolute Gasteiger partial charge is 0.508 e. The normalized spacial score (nSPS) is 11.3. The summed E-state index contributed by atoms with van der Waals surface area (Å²) in [6, 6.07) is 24.6. The summed E-state index contributed by atoms with van der Waals surface area (Å²) < 4.78 is 2.40. The zero-order valence-electron chi connectivity index (χ0n) is 12.6. The van der Waals surface area contributed by atoms with Gasteiger partial charge in [-0.05, 0) is 36.4 Å². The van der Waals surface area contributed by atoms with Crippen molar-refractivity contribution < 1.29 is 5.11 Å². The molecule has 0 aliphatic carbocycles. The molecule has 0 spiro atoms. The standard InChI is InChI=1S/C20H17NOS/c22-15-9-11-16(12-10-15)23-14-13-21-19-7-3-1-5-17(19)18-6-2-4-8-20(18)21/h1-12,22H,13-14H2. The molecule has 1 aromatic heterocycles. The number of phenols is 1. The minimum absolute atomic E-state index is 0.316. The number of aromatic hydroxyl groups is 1. The molecule has 1 N–H and O–H groups in total. The predicted molar refractivity (Wildman–Crippen MR) is 98.3 cm³/mol. The third-order valence-corrected chi connectivity index (χ3v) is 5.09. The first-order chi connectivity index (χ1) is 11.3. The van der Waals surface area contributed by atoms with Crippen molar-refractivity contribution in [2.45, 2.75) is 11.4 Å². The Hall–Kier alpha value is -2.39. The second kappa shape index (κ2) is 6.01. The van der Waals surface area contributed by atoms with E-state index < -0.39 is 0 Å². The van der Waals surface area contributed by atoms with Crippen LogP contribution in [0.5, 0.6) is 5.75 Å². The zero-order chi connectivity index (χ0) is 15.6. The molecule has 0 atom stereocenters. The highest BCUT2D eigenvalue weighted by atomic mass is 32.2. The van der Waals surface area contributed by atoms with E-state index in [2.05, 4.69) is 53.1 Å². The highest BCUT2D eigenvalue weighted by molar-refractivity contribution is 7.99. The number of aryl methyl sites for hydroxylation is 1. The van der Waals surface area contributed by atoms with Crippen LogP contribution in [0.1, 0.15) is 0 Å². The van der Waals surface area contributed by atoms with E-state index in [-0.39, 0.29) is 0 Å². The first kappa shape index (κ1) is 14.2. The van der Waals surface area contributed by atoms with E-state index in [4.69, 9.17) is 0 Å². The van der Waals surface area contributed by atoms with Crippen LogP contribution in [0, 0.1) is 0 Å². The molecule has 0 amide bonds. The topological polar surface area (TPSA) is 25.2 Å². The summed E-state index contributed by atoms with van der Waals surface area (Å²) in [7, 11) is 0. The Bertz CT molecular complexity index is 903. The zero-order valence-corrected chi connectivity index (χ0v) is 13.5. The minimum atomic E-state index is 0.316. The maximum atomic E-state index is 9.36. The average molecular weight is 319 g/mol. The Morgan fingerprint density at radius 1 is 0.739 bits per heavy atom. The number of hydrogen-bond donors (Lipinski definition) is 1. The van der Waals surface area contributed by atoms with E-state index in [1.165, 1.54) is 26.7 Å². The van der Waals surface area contributed by atoms with E-state index >= 15 is 0 Å². The van der Waals surface area contributed by atoms with Gasteiger partial charge in [-0.1, -0.05) is 36.4 Å². The van der Waals surface area contributed by atoms with Gasteiger partial charge in [0.05, 0.1) is 0 Å². The number of aromatic nitrogens is 1. The molecule has 4 rings (SSSR count). The molecule has 0 saturated carbocycles. The molecule has 23 heavy (non-hydrogen) atoms. The van der Waals surface area contributed by atoms with Crippen LogP contribution in [-0.2, 0) is 6.54 Å². The van der Waals surface area contributed by atoms with Gasteiger partial charge in [-0.25, -0.2) is 0 Å². The van der Waals surface area contributed by atoms with Crippen molar-refractivity contribution in [3.8, 4) is 5.75 Å². The van der Waals surface area contributed by atoms with Gasteiger partial charge in [-0.3, -0.25) is 0 Å².